The van der Waals surface area contributed by atoms with E-state index in [-0.39, 0.29) is 4.79 Å². The third-order valence-corrected chi connectivity index (χ3v) is 26.9. The Morgan fingerprint density at radius 3 is 1.46 bits per heavy atom. The zero-order valence-corrected chi connectivity index (χ0v) is 14.0. The van der Waals surface area contributed by atoms with E-state index in [0.717, 1.165) is 0 Å². The minimum absolute atomic E-state index is 0.262. The summed E-state index contributed by atoms with van der Waals surface area (Å²) < 4.78 is 0. The van der Waals surface area contributed by atoms with Gasteiger partial charge in [0.2, 0.25) is 0 Å². The Kier molecular flexibility index (Phi) is 3.92. The lowest BCUT2D eigenvalue weighted by atomic mass is 11.2. The molecule has 76 valence electrons. The fraction of sp³-hybridized carbons (Fsp3) is 0.500. The molecule has 0 radical (unpaired) electrons. The van der Waals surface area contributed by atoms with E-state index < -0.39 is 20.1 Å². The molecule has 9 heteroatoms. The highest BCUT2D eigenvalue weighted by Crippen LogP contribution is 2.55. The van der Waals surface area contributed by atoms with Crippen LogP contribution in [0, 0.1) is 0 Å². The van der Waals surface area contributed by atoms with Crippen LogP contribution in [-0.2, 0) is 0 Å². The maximum atomic E-state index is 6.15. The monoisotopic (exact) mass is 348 g/mol. The van der Waals surface area contributed by atoms with Gasteiger partial charge in [-0.15, -0.1) is 66.5 Å². The van der Waals surface area contributed by atoms with E-state index in [2.05, 4.69) is 0 Å². The molecule has 0 aromatic carbocycles. The van der Waals surface area contributed by atoms with Crippen LogP contribution in [0.15, 0.2) is 11.4 Å². The smallest absolute Gasteiger partial charge is 0.146 e. The largest absolute Gasteiger partial charge is 0.276 e. The maximum Gasteiger partial charge on any atom is 0.276 e. The molecule has 1 rings (SSSR count). The van der Waals surface area contributed by atoms with E-state index in [1.54, 1.807) is 17.9 Å². The van der Waals surface area contributed by atoms with Crippen molar-refractivity contribution < 1.29 is 0 Å². The quantitative estimate of drug-likeness (QED) is 0.483. The Hall–Kier alpha value is 2.13. The van der Waals surface area contributed by atoms with Crippen LogP contribution in [0.25, 0.3) is 0 Å². The van der Waals surface area contributed by atoms with E-state index in [4.69, 9.17) is 66.5 Å². The van der Waals surface area contributed by atoms with Gasteiger partial charge in [0.15, 0.2) is 0 Å². The summed E-state index contributed by atoms with van der Waals surface area (Å²) in [7, 11) is 0. The molecule has 0 N–H and O–H groups in total. The molecule has 0 aliphatic carbocycles. The fourth-order valence-electron chi connectivity index (χ4n) is 1.35. The number of hydrogen-bond acceptors (Lipinski definition) is 0. The molecule has 0 bridgehead atoms. The van der Waals surface area contributed by atoms with Gasteiger partial charge in [0.25, 0.3) is 20.1 Å². The second kappa shape index (κ2) is 3.86. The van der Waals surface area contributed by atoms with Crippen LogP contribution in [-0.4, -0.2) is 20.1 Å². The van der Waals surface area contributed by atoms with Gasteiger partial charge in [-0.05, 0) is 6.55 Å². The SMILES string of the molecule is C[Si](Cl)(Cl)C1[Si](Cl)(Cl)C=C[Si]1(Cl)Cl. The van der Waals surface area contributed by atoms with E-state index in [1.165, 1.54) is 0 Å². The van der Waals surface area contributed by atoms with Gasteiger partial charge < -0.3 is 0 Å². The van der Waals surface area contributed by atoms with E-state index in [1.807, 2.05) is 0 Å². The topological polar surface area (TPSA) is 0 Å². The van der Waals surface area contributed by atoms with Crippen molar-refractivity contribution in [1.82, 2.24) is 0 Å². The molecule has 0 aromatic heterocycles. The Bertz CT molecular complexity index is 225. The van der Waals surface area contributed by atoms with Gasteiger partial charge in [-0.3, -0.25) is 0 Å². The molecule has 0 atom stereocenters. The lowest BCUT2D eigenvalue weighted by molar-refractivity contribution is 1.68. The Labute approximate surface area is 108 Å². The van der Waals surface area contributed by atoms with Gasteiger partial charge in [-0.25, -0.2) is 0 Å². The van der Waals surface area contributed by atoms with Crippen LogP contribution >= 0.6 is 66.5 Å². The van der Waals surface area contributed by atoms with Gasteiger partial charge in [-0.1, -0.05) is 11.4 Å². The Balaban J connectivity index is 3.07. The van der Waals surface area contributed by atoms with Crippen LogP contribution in [0.1, 0.15) is 0 Å². The molecule has 0 nitrogen and oxygen atoms in total. The van der Waals surface area contributed by atoms with Crippen molar-refractivity contribution in [1.29, 1.82) is 0 Å². The first kappa shape index (κ1) is 13.2. The zero-order valence-electron chi connectivity index (χ0n) is 6.50. The van der Waals surface area contributed by atoms with E-state index in [0.29, 0.717) is 0 Å². The first-order valence-corrected chi connectivity index (χ1v) is 16.4. The summed E-state index contributed by atoms with van der Waals surface area (Å²) in [5.41, 5.74) is 3.45. The molecule has 13 heavy (non-hydrogen) atoms. The van der Waals surface area contributed by atoms with Crippen molar-refractivity contribution in [2.24, 2.45) is 0 Å². The number of hydrogen-bond donors (Lipinski definition) is 0. The molecule has 0 unspecified atom stereocenters. The molecule has 0 amide bonds. The van der Waals surface area contributed by atoms with E-state index >= 15 is 0 Å². The van der Waals surface area contributed by atoms with E-state index in [9.17, 15) is 0 Å². The summed E-state index contributed by atoms with van der Waals surface area (Å²) in [5.74, 6) is 0. The molecular formula is C4H6Cl6Si3. The normalized spacial score (nSPS) is 26.7. The third-order valence-electron chi connectivity index (χ3n) is 1.80. The molecule has 0 saturated carbocycles. The predicted octanol–water partition coefficient (Wildman–Crippen LogP) is 4.47. The fourth-order valence-corrected chi connectivity index (χ4v) is 40.7. The molecule has 0 aromatic rings. The highest BCUT2D eigenvalue weighted by Gasteiger charge is 2.63. The lowest BCUT2D eigenvalue weighted by Crippen LogP contribution is -2.46. The minimum Gasteiger partial charge on any atom is -0.146 e. The van der Waals surface area contributed by atoms with Gasteiger partial charge >= 0.3 is 0 Å². The van der Waals surface area contributed by atoms with Crippen LogP contribution in [0.4, 0.5) is 0 Å². The summed E-state index contributed by atoms with van der Waals surface area (Å²) in [6.07, 6.45) is 0. The van der Waals surface area contributed by atoms with Crippen molar-refractivity contribution in [2.45, 2.75) is 11.3 Å². The zero-order chi connectivity index (χ0) is 10.5. The third kappa shape index (κ3) is 2.82. The van der Waals surface area contributed by atoms with Crippen LogP contribution in [0.5, 0.6) is 0 Å². The Morgan fingerprint density at radius 1 is 1.00 bits per heavy atom. The molecule has 1 aliphatic rings. The van der Waals surface area contributed by atoms with Gasteiger partial charge in [0.1, 0.15) is 0 Å². The lowest BCUT2D eigenvalue weighted by Gasteiger charge is -2.31. The number of halogens is 6. The summed E-state index contributed by atoms with van der Waals surface area (Å²) in [6, 6.07) is 0. The highest BCUT2D eigenvalue weighted by molar-refractivity contribution is 7.71. The molecule has 0 spiro atoms. The van der Waals surface area contributed by atoms with Crippen molar-refractivity contribution in [3.05, 3.63) is 11.4 Å². The van der Waals surface area contributed by atoms with Gasteiger partial charge in [0.05, 0.1) is 0 Å². The predicted molar refractivity (Wildman–Crippen MR) is 71.1 cm³/mol. The second-order valence-corrected chi connectivity index (χ2v) is 25.8. The summed E-state index contributed by atoms with van der Waals surface area (Å²) >= 11 is 36.8. The van der Waals surface area contributed by atoms with Gasteiger partial charge in [0, 0.05) is 4.79 Å². The molecule has 1 heterocycles. The molecular weight excluding hydrogens is 345 g/mol. The standard InChI is InChI=1S/C4H6Cl6Si3/c1-11(5,6)4-12(7,8)2-3-13(4,9)10/h2-4H,1H3. The first-order valence-electron chi connectivity index (χ1n) is 3.41. The molecule has 1 aliphatic heterocycles. The Morgan fingerprint density at radius 2 is 1.31 bits per heavy atom. The summed E-state index contributed by atoms with van der Waals surface area (Å²) in [4.78, 5) is -0.262. The van der Waals surface area contributed by atoms with Crippen molar-refractivity contribution in [3.63, 3.8) is 0 Å². The second-order valence-electron chi connectivity index (χ2n) is 3.07. The summed E-state index contributed by atoms with van der Waals surface area (Å²) in [6.45, 7) is -5.92. The van der Waals surface area contributed by atoms with Crippen LogP contribution in [0.2, 0.25) is 11.3 Å². The highest BCUT2D eigenvalue weighted by atomic mass is 35.7. The average molecular weight is 351 g/mol. The van der Waals surface area contributed by atoms with Gasteiger partial charge in [-0.2, -0.15) is 0 Å². The van der Waals surface area contributed by atoms with Crippen molar-refractivity contribution >= 4 is 86.6 Å². The van der Waals surface area contributed by atoms with Crippen molar-refractivity contribution in [2.75, 3.05) is 0 Å². The van der Waals surface area contributed by atoms with Crippen LogP contribution < -0.4 is 0 Å². The number of rotatable bonds is 1. The molecule has 0 saturated heterocycles. The maximum absolute atomic E-state index is 6.15. The minimum atomic E-state index is -2.58. The average Bonchev–Trinajstić information content (AvgIpc) is 1.98. The van der Waals surface area contributed by atoms with Crippen molar-refractivity contribution in [3.8, 4) is 0 Å². The summed E-state index contributed by atoms with van der Waals surface area (Å²) in [5, 5.41) is 0. The first-order chi connectivity index (χ1) is 5.57. The molecule has 0 fully saturated rings. The van der Waals surface area contributed by atoms with Crippen LogP contribution in [0.3, 0.4) is 0 Å².